The first kappa shape index (κ1) is 17.6. The Kier molecular flexibility index (Phi) is 5.48. The van der Waals surface area contributed by atoms with E-state index in [0.717, 1.165) is 31.1 Å². The molecule has 3 rings (SSSR count). The van der Waals surface area contributed by atoms with Crippen LogP contribution >= 0.6 is 0 Å². The molecular formula is C19H25N3O3. The van der Waals surface area contributed by atoms with E-state index in [2.05, 4.69) is 17.3 Å². The summed E-state index contributed by atoms with van der Waals surface area (Å²) in [7, 11) is 1.45. The van der Waals surface area contributed by atoms with E-state index in [9.17, 15) is 9.59 Å². The summed E-state index contributed by atoms with van der Waals surface area (Å²) in [5, 5.41) is 9.42. The van der Waals surface area contributed by atoms with Gasteiger partial charge in [-0.15, -0.1) is 0 Å². The second-order valence-electron chi connectivity index (χ2n) is 6.86. The molecule has 0 spiro atoms. The number of methoxy groups -OCH3 is 1. The van der Waals surface area contributed by atoms with Crippen LogP contribution in [0.4, 0.5) is 0 Å². The average Bonchev–Trinajstić information content (AvgIpc) is 2.64. The van der Waals surface area contributed by atoms with Gasteiger partial charge in [0.25, 0.3) is 5.56 Å². The Bertz CT molecular complexity index is 794. The van der Waals surface area contributed by atoms with Gasteiger partial charge in [0.15, 0.2) is 0 Å². The number of carbonyl (C=O) groups excluding carboxylic acids is 1. The molecule has 1 aliphatic carbocycles. The maximum Gasteiger partial charge on any atom is 0.308 e. The summed E-state index contributed by atoms with van der Waals surface area (Å²) in [6, 6.07) is 8.01. The topological polar surface area (TPSA) is 73.2 Å². The van der Waals surface area contributed by atoms with Crippen LogP contribution in [-0.4, -0.2) is 34.9 Å². The smallest absolute Gasteiger partial charge is 0.308 e. The lowest BCUT2D eigenvalue weighted by atomic mass is 9.86. The third kappa shape index (κ3) is 4.07. The second kappa shape index (κ2) is 7.78. The largest absolute Gasteiger partial charge is 0.469 e. The summed E-state index contributed by atoms with van der Waals surface area (Å²) in [6.45, 7) is 2.59. The molecule has 1 aliphatic rings. The Morgan fingerprint density at radius 1 is 1.32 bits per heavy atom. The highest BCUT2D eigenvalue weighted by Gasteiger charge is 2.27. The number of nitrogens with one attached hydrogen (secondary N) is 1. The van der Waals surface area contributed by atoms with Crippen molar-refractivity contribution in [2.75, 3.05) is 7.11 Å². The van der Waals surface area contributed by atoms with E-state index in [1.807, 2.05) is 24.3 Å². The molecule has 25 heavy (non-hydrogen) atoms. The molecule has 1 heterocycles. The van der Waals surface area contributed by atoms with Gasteiger partial charge in [-0.1, -0.05) is 18.2 Å². The van der Waals surface area contributed by atoms with Crippen LogP contribution < -0.4 is 10.9 Å². The molecule has 1 aromatic carbocycles. The number of rotatable bonds is 5. The third-order valence-electron chi connectivity index (χ3n) is 4.99. The maximum atomic E-state index is 12.5. The number of hydrogen-bond acceptors (Lipinski definition) is 5. The highest BCUT2D eigenvalue weighted by molar-refractivity contribution is 5.80. The van der Waals surface area contributed by atoms with Crippen molar-refractivity contribution in [3.63, 3.8) is 0 Å². The van der Waals surface area contributed by atoms with Crippen molar-refractivity contribution in [3.8, 4) is 0 Å². The lowest BCUT2D eigenvalue weighted by Crippen LogP contribution is -2.43. The van der Waals surface area contributed by atoms with Gasteiger partial charge in [0.05, 0.1) is 31.2 Å². The molecule has 0 radical (unpaired) electrons. The molecule has 0 bridgehead atoms. The van der Waals surface area contributed by atoms with Crippen LogP contribution in [0, 0.1) is 5.92 Å². The molecular weight excluding hydrogens is 318 g/mol. The zero-order valence-corrected chi connectivity index (χ0v) is 14.8. The van der Waals surface area contributed by atoms with E-state index in [1.165, 1.54) is 11.8 Å². The Morgan fingerprint density at radius 3 is 2.76 bits per heavy atom. The molecule has 0 unspecified atom stereocenters. The SMILES string of the molecule is COC(=O)C1CCC(N[C@@H](C)Cn2ncc3ccccc3c2=O)CC1. The molecule has 0 saturated heterocycles. The van der Waals surface area contributed by atoms with Gasteiger partial charge >= 0.3 is 5.97 Å². The van der Waals surface area contributed by atoms with Crippen molar-refractivity contribution in [1.82, 2.24) is 15.1 Å². The molecule has 1 saturated carbocycles. The maximum absolute atomic E-state index is 12.5. The Labute approximate surface area is 147 Å². The number of hydrogen-bond donors (Lipinski definition) is 1. The standard InChI is InChI=1S/C19H25N3O3/c1-13(21-16-9-7-14(8-10-16)19(24)25-2)12-22-18(23)17-6-4-3-5-15(17)11-20-22/h3-6,11,13-14,16,21H,7-10,12H2,1-2H3/t13-,14?,16?/m0/s1. The summed E-state index contributed by atoms with van der Waals surface area (Å²) >= 11 is 0. The Morgan fingerprint density at radius 2 is 2.04 bits per heavy atom. The lowest BCUT2D eigenvalue weighted by molar-refractivity contribution is -0.146. The van der Waals surface area contributed by atoms with Crippen LogP contribution in [0.1, 0.15) is 32.6 Å². The zero-order valence-electron chi connectivity index (χ0n) is 14.8. The van der Waals surface area contributed by atoms with Crippen LogP contribution in [0.2, 0.25) is 0 Å². The van der Waals surface area contributed by atoms with Crippen LogP contribution in [0.25, 0.3) is 10.8 Å². The van der Waals surface area contributed by atoms with Gasteiger partial charge in [-0.2, -0.15) is 5.10 Å². The van der Waals surface area contributed by atoms with E-state index in [4.69, 9.17) is 4.74 Å². The quantitative estimate of drug-likeness (QED) is 0.842. The number of aromatic nitrogens is 2. The number of nitrogens with zero attached hydrogens (tertiary/aromatic N) is 2. The minimum Gasteiger partial charge on any atom is -0.469 e. The molecule has 2 aromatic rings. The van der Waals surface area contributed by atoms with Gasteiger partial charge in [-0.3, -0.25) is 9.59 Å². The minimum atomic E-state index is -0.0987. The van der Waals surface area contributed by atoms with Crippen LogP contribution in [0.3, 0.4) is 0 Å². The van der Waals surface area contributed by atoms with E-state index >= 15 is 0 Å². The van der Waals surface area contributed by atoms with Crippen molar-refractivity contribution in [2.45, 2.75) is 51.2 Å². The van der Waals surface area contributed by atoms with Crippen LogP contribution in [-0.2, 0) is 16.1 Å². The summed E-state index contributed by atoms with van der Waals surface area (Å²) in [5.74, 6) is -0.0680. The highest BCUT2D eigenvalue weighted by Crippen LogP contribution is 2.25. The van der Waals surface area contributed by atoms with E-state index < -0.39 is 0 Å². The van der Waals surface area contributed by atoms with Crippen molar-refractivity contribution in [2.24, 2.45) is 5.92 Å². The number of fused-ring (bicyclic) bond motifs is 1. The van der Waals surface area contributed by atoms with Gasteiger partial charge in [0.1, 0.15) is 0 Å². The molecule has 6 heteroatoms. The molecule has 1 atom stereocenters. The Balaban J connectivity index is 1.58. The number of esters is 1. The molecule has 0 aliphatic heterocycles. The van der Waals surface area contributed by atoms with Crippen molar-refractivity contribution in [3.05, 3.63) is 40.8 Å². The van der Waals surface area contributed by atoms with Crippen molar-refractivity contribution in [1.29, 1.82) is 0 Å². The van der Waals surface area contributed by atoms with E-state index in [-0.39, 0.29) is 23.5 Å². The van der Waals surface area contributed by atoms with Gasteiger partial charge in [0.2, 0.25) is 0 Å². The van der Waals surface area contributed by atoms with Gasteiger partial charge in [0, 0.05) is 17.5 Å². The van der Waals surface area contributed by atoms with E-state index in [1.54, 1.807) is 6.20 Å². The monoisotopic (exact) mass is 343 g/mol. The second-order valence-corrected chi connectivity index (χ2v) is 6.86. The third-order valence-corrected chi connectivity index (χ3v) is 4.99. The molecule has 134 valence electrons. The summed E-state index contributed by atoms with van der Waals surface area (Å²) in [4.78, 5) is 24.1. The fourth-order valence-corrected chi connectivity index (χ4v) is 3.63. The molecule has 0 amide bonds. The summed E-state index contributed by atoms with van der Waals surface area (Å²) in [5.41, 5.74) is -0.0545. The summed E-state index contributed by atoms with van der Waals surface area (Å²) in [6.07, 6.45) is 5.34. The predicted octanol–water partition coefficient (Wildman–Crippen LogP) is 2.11. The molecule has 1 aromatic heterocycles. The van der Waals surface area contributed by atoms with E-state index in [0.29, 0.717) is 18.0 Å². The average molecular weight is 343 g/mol. The highest BCUT2D eigenvalue weighted by atomic mass is 16.5. The molecule has 1 N–H and O–H groups in total. The minimum absolute atomic E-state index is 0.0307. The van der Waals surface area contributed by atoms with Crippen molar-refractivity contribution >= 4 is 16.7 Å². The predicted molar refractivity (Wildman–Crippen MR) is 96.4 cm³/mol. The fraction of sp³-hybridized carbons (Fsp3) is 0.526. The normalized spacial score (nSPS) is 21.8. The fourth-order valence-electron chi connectivity index (χ4n) is 3.63. The number of ether oxygens (including phenoxy) is 1. The number of benzene rings is 1. The van der Waals surface area contributed by atoms with Gasteiger partial charge < -0.3 is 10.1 Å². The summed E-state index contributed by atoms with van der Waals surface area (Å²) < 4.78 is 6.36. The lowest BCUT2D eigenvalue weighted by Gasteiger charge is -2.30. The van der Waals surface area contributed by atoms with Gasteiger partial charge in [-0.25, -0.2) is 4.68 Å². The Hall–Kier alpha value is -2.21. The zero-order chi connectivity index (χ0) is 17.8. The molecule has 6 nitrogen and oxygen atoms in total. The number of carbonyl (C=O) groups is 1. The van der Waals surface area contributed by atoms with Crippen molar-refractivity contribution < 1.29 is 9.53 Å². The van der Waals surface area contributed by atoms with Crippen LogP contribution in [0.15, 0.2) is 35.3 Å². The first-order valence-electron chi connectivity index (χ1n) is 8.87. The van der Waals surface area contributed by atoms with Crippen LogP contribution in [0.5, 0.6) is 0 Å². The molecule has 1 fully saturated rings. The van der Waals surface area contributed by atoms with Gasteiger partial charge in [-0.05, 0) is 38.7 Å². The first-order chi connectivity index (χ1) is 12.1. The first-order valence-corrected chi connectivity index (χ1v) is 8.87.